The van der Waals surface area contributed by atoms with E-state index in [1.807, 2.05) is 62.4 Å². The van der Waals surface area contributed by atoms with Gasteiger partial charge in [0.1, 0.15) is 11.5 Å². The number of nitrogens with zero attached hydrogens (tertiary/aromatic N) is 2. The lowest BCUT2D eigenvalue weighted by atomic mass is 10.1. The largest absolute Gasteiger partial charge is 0.385 e. The molecular weight excluding hydrogens is 364 g/mol. The maximum absolute atomic E-state index is 12.9. The van der Waals surface area contributed by atoms with Crippen LogP contribution in [-0.2, 0) is 4.74 Å². The van der Waals surface area contributed by atoms with Crippen molar-refractivity contribution in [3.63, 3.8) is 0 Å². The summed E-state index contributed by atoms with van der Waals surface area (Å²) >= 11 is 0. The van der Waals surface area contributed by atoms with Crippen LogP contribution in [0, 0.1) is 13.8 Å². The van der Waals surface area contributed by atoms with E-state index >= 15 is 0 Å². The van der Waals surface area contributed by atoms with Gasteiger partial charge in [-0.1, -0.05) is 42.5 Å². The van der Waals surface area contributed by atoms with E-state index in [0.717, 1.165) is 28.8 Å². The van der Waals surface area contributed by atoms with Crippen LogP contribution in [-0.4, -0.2) is 36.1 Å². The second-order valence-electron chi connectivity index (χ2n) is 6.87. The van der Waals surface area contributed by atoms with E-state index in [4.69, 9.17) is 4.74 Å². The highest BCUT2D eigenvalue weighted by atomic mass is 16.5. The summed E-state index contributed by atoms with van der Waals surface area (Å²) in [4.78, 5) is 22.0. The highest BCUT2D eigenvalue weighted by Crippen LogP contribution is 2.20. The molecule has 1 heterocycles. The van der Waals surface area contributed by atoms with E-state index in [0.29, 0.717) is 30.5 Å². The van der Waals surface area contributed by atoms with Crippen LogP contribution in [0.15, 0.2) is 54.6 Å². The van der Waals surface area contributed by atoms with Gasteiger partial charge in [-0.3, -0.25) is 4.79 Å². The van der Waals surface area contributed by atoms with Gasteiger partial charge in [-0.25, -0.2) is 9.97 Å². The molecule has 0 aliphatic heterocycles. The van der Waals surface area contributed by atoms with E-state index in [1.165, 1.54) is 0 Å². The van der Waals surface area contributed by atoms with E-state index < -0.39 is 0 Å². The van der Waals surface area contributed by atoms with Crippen LogP contribution in [0.4, 0.5) is 11.5 Å². The third-order valence-electron chi connectivity index (χ3n) is 4.46. The Balaban J connectivity index is 1.89. The van der Waals surface area contributed by atoms with Crippen molar-refractivity contribution in [2.24, 2.45) is 0 Å². The minimum atomic E-state index is -0.266. The fourth-order valence-corrected chi connectivity index (χ4v) is 2.86. The molecule has 0 saturated heterocycles. The third kappa shape index (κ3) is 5.62. The smallest absolute Gasteiger partial charge is 0.274 e. The first kappa shape index (κ1) is 20.5. The SMILES string of the molecule is COCCCNc1cc(C(=O)Nc2cc(C)ccc2C)nc(-c2ccccc2)n1. The summed E-state index contributed by atoms with van der Waals surface area (Å²) in [7, 11) is 1.67. The van der Waals surface area contributed by atoms with Crippen molar-refractivity contribution in [1.29, 1.82) is 0 Å². The number of hydrogen-bond acceptors (Lipinski definition) is 5. The fraction of sp³-hybridized carbons (Fsp3) is 0.261. The Kier molecular flexibility index (Phi) is 6.92. The maximum Gasteiger partial charge on any atom is 0.274 e. The molecular formula is C23H26N4O2. The van der Waals surface area contributed by atoms with Crippen LogP contribution < -0.4 is 10.6 Å². The van der Waals surface area contributed by atoms with Gasteiger partial charge in [0.05, 0.1) is 0 Å². The Morgan fingerprint density at radius 1 is 1.03 bits per heavy atom. The standard InChI is InChI=1S/C23H26N4O2/c1-16-10-11-17(2)19(14-16)26-23(28)20-15-21(24-12-7-13-29-3)27-22(25-20)18-8-5-4-6-9-18/h4-6,8-11,14-15H,7,12-13H2,1-3H3,(H,26,28)(H,24,25,27). The fourth-order valence-electron chi connectivity index (χ4n) is 2.86. The Bertz CT molecular complexity index is 974. The Hall–Kier alpha value is -3.25. The minimum absolute atomic E-state index is 0.266. The van der Waals surface area contributed by atoms with Crippen LogP contribution in [0.25, 0.3) is 11.4 Å². The molecule has 3 rings (SSSR count). The molecule has 1 aromatic heterocycles. The molecule has 0 aliphatic rings. The number of amides is 1. The number of benzene rings is 2. The van der Waals surface area contributed by atoms with Crippen molar-refractivity contribution in [3.05, 3.63) is 71.4 Å². The summed E-state index contributed by atoms with van der Waals surface area (Å²) in [5.74, 6) is 0.854. The zero-order chi connectivity index (χ0) is 20.6. The van der Waals surface area contributed by atoms with Crippen LogP contribution in [0.3, 0.4) is 0 Å². The van der Waals surface area contributed by atoms with Gasteiger partial charge in [-0.05, 0) is 37.5 Å². The van der Waals surface area contributed by atoms with Crippen LogP contribution >= 0.6 is 0 Å². The molecule has 6 heteroatoms. The van der Waals surface area contributed by atoms with Crippen molar-refractivity contribution >= 4 is 17.4 Å². The molecule has 29 heavy (non-hydrogen) atoms. The van der Waals surface area contributed by atoms with E-state index in [1.54, 1.807) is 13.2 Å². The van der Waals surface area contributed by atoms with E-state index in [2.05, 4.69) is 20.6 Å². The first-order valence-electron chi connectivity index (χ1n) is 9.63. The van der Waals surface area contributed by atoms with Crippen molar-refractivity contribution in [2.75, 3.05) is 30.9 Å². The zero-order valence-corrected chi connectivity index (χ0v) is 17.0. The summed E-state index contributed by atoms with van der Waals surface area (Å²) in [6.07, 6.45) is 0.838. The molecule has 0 spiro atoms. The lowest BCUT2D eigenvalue weighted by Crippen LogP contribution is -2.17. The normalized spacial score (nSPS) is 10.6. The Morgan fingerprint density at radius 2 is 1.83 bits per heavy atom. The van der Waals surface area contributed by atoms with Gasteiger partial charge >= 0.3 is 0 Å². The van der Waals surface area contributed by atoms with Crippen LogP contribution in [0.1, 0.15) is 28.0 Å². The van der Waals surface area contributed by atoms with Gasteiger partial charge in [-0.2, -0.15) is 0 Å². The number of carbonyl (C=O) groups excluding carboxylic acids is 1. The third-order valence-corrected chi connectivity index (χ3v) is 4.46. The second kappa shape index (κ2) is 9.80. The maximum atomic E-state index is 12.9. The highest BCUT2D eigenvalue weighted by molar-refractivity contribution is 6.04. The lowest BCUT2D eigenvalue weighted by molar-refractivity contribution is 0.102. The number of hydrogen-bond donors (Lipinski definition) is 2. The molecule has 2 N–H and O–H groups in total. The molecule has 1 amide bonds. The topological polar surface area (TPSA) is 76.1 Å². The lowest BCUT2D eigenvalue weighted by Gasteiger charge is -2.12. The molecule has 0 atom stereocenters. The number of ether oxygens (including phenoxy) is 1. The molecule has 150 valence electrons. The number of carbonyl (C=O) groups is 1. The van der Waals surface area contributed by atoms with Gasteiger partial charge in [0.2, 0.25) is 0 Å². The number of aromatic nitrogens is 2. The highest BCUT2D eigenvalue weighted by Gasteiger charge is 2.14. The summed E-state index contributed by atoms with van der Waals surface area (Å²) < 4.78 is 5.09. The van der Waals surface area contributed by atoms with Gasteiger partial charge in [0, 0.05) is 37.6 Å². The molecule has 0 bridgehead atoms. The quantitative estimate of drug-likeness (QED) is 0.555. The Morgan fingerprint density at radius 3 is 2.59 bits per heavy atom. The molecule has 0 radical (unpaired) electrons. The minimum Gasteiger partial charge on any atom is -0.385 e. The zero-order valence-electron chi connectivity index (χ0n) is 17.0. The predicted molar refractivity (Wildman–Crippen MR) is 116 cm³/mol. The van der Waals surface area contributed by atoms with Crippen LogP contribution in [0.5, 0.6) is 0 Å². The van der Waals surface area contributed by atoms with Crippen molar-refractivity contribution in [1.82, 2.24) is 9.97 Å². The molecule has 0 aliphatic carbocycles. The monoisotopic (exact) mass is 390 g/mol. The molecule has 6 nitrogen and oxygen atoms in total. The summed E-state index contributed by atoms with van der Waals surface area (Å²) in [6.45, 7) is 5.31. The van der Waals surface area contributed by atoms with Gasteiger partial charge in [0.25, 0.3) is 5.91 Å². The predicted octanol–water partition coefficient (Wildman–Crippen LogP) is 4.46. The molecule has 2 aromatic carbocycles. The van der Waals surface area contributed by atoms with Gasteiger partial charge in [-0.15, -0.1) is 0 Å². The number of anilines is 2. The molecule has 0 fully saturated rings. The number of rotatable bonds is 8. The average Bonchev–Trinajstić information content (AvgIpc) is 2.74. The Labute approximate surface area is 171 Å². The summed E-state index contributed by atoms with van der Waals surface area (Å²) in [6, 6.07) is 17.3. The van der Waals surface area contributed by atoms with Crippen molar-refractivity contribution < 1.29 is 9.53 Å². The van der Waals surface area contributed by atoms with Crippen molar-refractivity contribution in [3.8, 4) is 11.4 Å². The summed E-state index contributed by atoms with van der Waals surface area (Å²) in [5, 5.41) is 6.23. The van der Waals surface area contributed by atoms with E-state index in [9.17, 15) is 4.79 Å². The summed E-state index contributed by atoms with van der Waals surface area (Å²) in [5.41, 5.74) is 4.03. The van der Waals surface area contributed by atoms with Crippen LogP contribution in [0.2, 0.25) is 0 Å². The molecule has 3 aromatic rings. The van der Waals surface area contributed by atoms with Gasteiger partial charge in [0.15, 0.2) is 5.82 Å². The number of aryl methyl sites for hydroxylation is 2. The van der Waals surface area contributed by atoms with Crippen molar-refractivity contribution in [2.45, 2.75) is 20.3 Å². The first-order chi connectivity index (χ1) is 14.1. The van der Waals surface area contributed by atoms with Gasteiger partial charge < -0.3 is 15.4 Å². The molecule has 0 unspecified atom stereocenters. The second-order valence-corrected chi connectivity index (χ2v) is 6.87. The molecule has 0 saturated carbocycles. The average molecular weight is 390 g/mol. The number of nitrogens with one attached hydrogen (secondary N) is 2. The number of methoxy groups -OCH3 is 1. The first-order valence-corrected chi connectivity index (χ1v) is 9.63. The van der Waals surface area contributed by atoms with E-state index in [-0.39, 0.29) is 5.91 Å².